The van der Waals surface area contributed by atoms with E-state index in [0.717, 1.165) is 0 Å². The summed E-state index contributed by atoms with van der Waals surface area (Å²) >= 11 is 5.91. The largest absolute Gasteiger partial charge is 0.497 e. The van der Waals surface area contributed by atoms with Gasteiger partial charge in [-0.05, 0) is 17.7 Å². The fraction of sp³-hybridized carbons (Fsp3) is 0.143. The van der Waals surface area contributed by atoms with Gasteiger partial charge in [0.1, 0.15) is 17.4 Å². The van der Waals surface area contributed by atoms with Gasteiger partial charge in [0, 0.05) is 11.6 Å². The average Bonchev–Trinajstić information content (AvgIpc) is 2.45. The molecule has 0 heterocycles. The zero-order valence-electron chi connectivity index (χ0n) is 10.7. The van der Waals surface area contributed by atoms with Crippen LogP contribution in [-0.2, 0) is 0 Å². The van der Waals surface area contributed by atoms with E-state index in [1.54, 1.807) is 12.1 Å². The van der Waals surface area contributed by atoms with E-state index in [1.165, 1.54) is 31.4 Å². The summed E-state index contributed by atoms with van der Waals surface area (Å²) in [6, 6.07) is 7.87. The number of rotatable bonds is 4. The number of benzene rings is 2. The molecule has 2 rings (SSSR count). The quantitative estimate of drug-likeness (QED) is 0.673. The number of methoxy groups -OCH3 is 1. The van der Waals surface area contributed by atoms with E-state index in [0.29, 0.717) is 11.3 Å². The number of hydrogen-bond acceptors (Lipinski definition) is 3. The molecule has 0 aliphatic carbocycles. The number of hydrazine groups is 1. The van der Waals surface area contributed by atoms with E-state index in [9.17, 15) is 8.78 Å². The molecule has 0 amide bonds. The van der Waals surface area contributed by atoms with E-state index >= 15 is 0 Å². The van der Waals surface area contributed by atoms with Crippen molar-refractivity contribution in [3.05, 3.63) is 64.2 Å². The Balaban J connectivity index is 2.50. The van der Waals surface area contributed by atoms with Crippen molar-refractivity contribution in [3.8, 4) is 5.75 Å². The van der Waals surface area contributed by atoms with Crippen LogP contribution in [-0.4, -0.2) is 7.11 Å². The topological polar surface area (TPSA) is 47.3 Å². The second kappa shape index (κ2) is 6.17. The molecule has 1 unspecified atom stereocenters. The molecule has 0 aromatic heterocycles. The molecule has 2 aromatic carbocycles. The van der Waals surface area contributed by atoms with Gasteiger partial charge >= 0.3 is 0 Å². The van der Waals surface area contributed by atoms with Crippen LogP contribution in [0.15, 0.2) is 36.4 Å². The molecule has 0 saturated carbocycles. The lowest BCUT2D eigenvalue weighted by Gasteiger charge is -2.19. The molecule has 0 bridgehead atoms. The molecule has 1 atom stereocenters. The fourth-order valence-corrected chi connectivity index (χ4v) is 2.19. The predicted molar refractivity (Wildman–Crippen MR) is 73.5 cm³/mol. The van der Waals surface area contributed by atoms with Gasteiger partial charge in [-0.15, -0.1) is 0 Å². The average molecular weight is 299 g/mol. The second-order valence-corrected chi connectivity index (χ2v) is 4.51. The van der Waals surface area contributed by atoms with Crippen LogP contribution in [0.3, 0.4) is 0 Å². The molecule has 2 aromatic rings. The number of nitrogens with one attached hydrogen (secondary N) is 1. The van der Waals surface area contributed by atoms with E-state index in [2.05, 4.69) is 5.43 Å². The molecule has 3 nitrogen and oxygen atoms in total. The van der Waals surface area contributed by atoms with E-state index < -0.39 is 17.7 Å². The fourth-order valence-electron chi connectivity index (χ4n) is 1.96. The third-order valence-electron chi connectivity index (χ3n) is 2.98. The van der Waals surface area contributed by atoms with E-state index in [4.69, 9.17) is 22.2 Å². The van der Waals surface area contributed by atoms with Crippen LogP contribution in [0.1, 0.15) is 17.2 Å². The van der Waals surface area contributed by atoms with Gasteiger partial charge in [-0.2, -0.15) is 0 Å². The molecule has 20 heavy (non-hydrogen) atoms. The van der Waals surface area contributed by atoms with E-state index in [1.807, 2.05) is 0 Å². The Hall–Kier alpha value is -1.69. The molecule has 0 spiro atoms. The van der Waals surface area contributed by atoms with Crippen LogP contribution in [0, 0.1) is 11.6 Å². The molecule has 6 heteroatoms. The van der Waals surface area contributed by atoms with Crippen molar-refractivity contribution < 1.29 is 13.5 Å². The smallest absolute Gasteiger partial charge is 0.142 e. The minimum absolute atomic E-state index is 0.0920. The molecule has 106 valence electrons. The monoisotopic (exact) mass is 298 g/mol. The normalized spacial score (nSPS) is 12.2. The van der Waals surface area contributed by atoms with Gasteiger partial charge in [-0.3, -0.25) is 5.84 Å². The van der Waals surface area contributed by atoms with Crippen molar-refractivity contribution in [1.82, 2.24) is 5.43 Å². The van der Waals surface area contributed by atoms with Gasteiger partial charge in [0.2, 0.25) is 0 Å². The number of hydrogen-bond donors (Lipinski definition) is 2. The Morgan fingerprint density at radius 2 is 1.90 bits per heavy atom. The first kappa shape index (κ1) is 14.7. The van der Waals surface area contributed by atoms with Crippen LogP contribution >= 0.6 is 11.6 Å². The van der Waals surface area contributed by atoms with Crippen molar-refractivity contribution in [3.63, 3.8) is 0 Å². The molecule has 0 saturated heterocycles. The Morgan fingerprint density at radius 3 is 2.50 bits per heavy atom. The van der Waals surface area contributed by atoms with Gasteiger partial charge in [-0.25, -0.2) is 14.2 Å². The molecule has 0 aliphatic rings. The van der Waals surface area contributed by atoms with Crippen LogP contribution < -0.4 is 16.0 Å². The van der Waals surface area contributed by atoms with Crippen LogP contribution in [0.5, 0.6) is 5.75 Å². The molecule has 0 fully saturated rings. The Kier molecular flexibility index (Phi) is 4.54. The van der Waals surface area contributed by atoms with Gasteiger partial charge in [0.25, 0.3) is 0 Å². The highest BCUT2D eigenvalue weighted by Gasteiger charge is 2.21. The third-order valence-corrected chi connectivity index (χ3v) is 3.38. The maximum Gasteiger partial charge on any atom is 0.142 e. The zero-order chi connectivity index (χ0) is 14.7. The summed E-state index contributed by atoms with van der Waals surface area (Å²) in [5, 5.41) is -0.0920. The standard InChI is InChI=1S/C14H13ClF2N2O/c1-20-8-5-6-9(12(17)7-8)14(19-18)10-3-2-4-11(16)13(10)15/h2-7,14,19H,18H2,1H3. The summed E-state index contributed by atoms with van der Waals surface area (Å²) < 4.78 is 32.5. The lowest BCUT2D eigenvalue weighted by Crippen LogP contribution is -2.30. The number of ether oxygens (including phenoxy) is 1. The van der Waals surface area contributed by atoms with Crippen molar-refractivity contribution in [2.45, 2.75) is 6.04 Å². The molecule has 0 aliphatic heterocycles. The number of nitrogens with two attached hydrogens (primary N) is 1. The van der Waals surface area contributed by atoms with Gasteiger partial charge in [0.15, 0.2) is 0 Å². The zero-order valence-corrected chi connectivity index (χ0v) is 11.4. The lowest BCUT2D eigenvalue weighted by molar-refractivity contribution is 0.410. The first-order valence-electron chi connectivity index (χ1n) is 5.82. The van der Waals surface area contributed by atoms with Crippen LogP contribution in [0.4, 0.5) is 8.78 Å². The molecule has 3 N–H and O–H groups in total. The highest BCUT2D eigenvalue weighted by Crippen LogP contribution is 2.32. The molecular weight excluding hydrogens is 286 g/mol. The van der Waals surface area contributed by atoms with Crippen molar-refractivity contribution >= 4 is 11.6 Å². The third kappa shape index (κ3) is 2.75. The summed E-state index contributed by atoms with van der Waals surface area (Å²) in [5.41, 5.74) is 3.06. The minimum atomic E-state index is -0.760. The predicted octanol–water partition coefficient (Wildman–Crippen LogP) is 3.18. The first-order chi connectivity index (χ1) is 9.58. The van der Waals surface area contributed by atoms with Gasteiger partial charge in [0.05, 0.1) is 18.2 Å². The number of halogens is 3. The Labute approximate surface area is 120 Å². The Morgan fingerprint density at radius 1 is 1.15 bits per heavy atom. The summed E-state index contributed by atoms with van der Waals surface area (Å²) in [6.45, 7) is 0. The summed E-state index contributed by atoms with van der Waals surface area (Å²) in [6.07, 6.45) is 0. The molecular formula is C14H13ClF2N2O. The highest BCUT2D eigenvalue weighted by atomic mass is 35.5. The maximum absolute atomic E-state index is 14.1. The van der Waals surface area contributed by atoms with Crippen LogP contribution in [0.25, 0.3) is 0 Å². The Bertz CT molecular complexity index is 622. The second-order valence-electron chi connectivity index (χ2n) is 4.13. The lowest BCUT2D eigenvalue weighted by atomic mass is 9.98. The minimum Gasteiger partial charge on any atom is -0.497 e. The van der Waals surface area contributed by atoms with Gasteiger partial charge in [-0.1, -0.05) is 29.8 Å². The molecule has 0 radical (unpaired) electrons. The summed E-state index contributed by atoms with van der Waals surface area (Å²) in [7, 11) is 1.44. The van der Waals surface area contributed by atoms with Crippen molar-refractivity contribution in [2.24, 2.45) is 5.84 Å². The highest BCUT2D eigenvalue weighted by molar-refractivity contribution is 6.31. The van der Waals surface area contributed by atoms with Gasteiger partial charge < -0.3 is 4.74 Å². The van der Waals surface area contributed by atoms with E-state index in [-0.39, 0.29) is 10.6 Å². The maximum atomic E-state index is 14.1. The first-order valence-corrected chi connectivity index (χ1v) is 6.19. The SMILES string of the molecule is COc1ccc(C(NN)c2cccc(F)c2Cl)c(F)c1. The summed E-state index contributed by atoms with van der Waals surface area (Å²) in [5.74, 6) is 4.74. The van der Waals surface area contributed by atoms with Crippen molar-refractivity contribution in [2.75, 3.05) is 7.11 Å². The van der Waals surface area contributed by atoms with Crippen LogP contribution in [0.2, 0.25) is 5.02 Å². The summed E-state index contributed by atoms with van der Waals surface area (Å²) in [4.78, 5) is 0. The van der Waals surface area contributed by atoms with Crippen molar-refractivity contribution in [1.29, 1.82) is 0 Å².